The molecule has 0 aromatic heterocycles. The summed E-state index contributed by atoms with van der Waals surface area (Å²) in [6.07, 6.45) is 2.02. The van der Waals surface area contributed by atoms with Crippen LogP contribution in [0.5, 0.6) is 5.75 Å². The third-order valence-corrected chi connectivity index (χ3v) is 3.60. The Hall–Kier alpha value is -2.07. The molecule has 6 nitrogen and oxygen atoms in total. The molecule has 114 valence electrons. The van der Waals surface area contributed by atoms with Gasteiger partial charge >= 0.3 is 10.1 Å². The molecule has 0 N–H and O–H groups in total. The Balaban J connectivity index is 2.79. The van der Waals surface area contributed by atoms with Gasteiger partial charge in [0.2, 0.25) is 0 Å². The molecule has 0 saturated heterocycles. The van der Waals surface area contributed by atoms with E-state index in [9.17, 15) is 8.42 Å². The smallest absolute Gasteiger partial charge is 0.328 e. The summed E-state index contributed by atoms with van der Waals surface area (Å²) in [6, 6.07) is 8.47. The molecule has 21 heavy (non-hydrogen) atoms. The molecule has 1 aromatic carbocycles. The molecule has 0 spiro atoms. The van der Waals surface area contributed by atoms with E-state index in [1.807, 2.05) is 0 Å². The third-order valence-electron chi connectivity index (χ3n) is 2.60. The number of nitriles is 1. The first-order valence-electron chi connectivity index (χ1n) is 6.65. The molecule has 1 rings (SSSR count). The molecule has 0 aliphatic rings. The van der Waals surface area contributed by atoms with Gasteiger partial charge in [-0.2, -0.15) is 13.7 Å². The molecule has 0 aliphatic heterocycles. The molecule has 0 aliphatic carbocycles. The van der Waals surface area contributed by atoms with Crippen LogP contribution in [-0.4, -0.2) is 26.5 Å². The fourth-order valence-corrected chi connectivity index (χ4v) is 1.62. The van der Waals surface area contributed by atoms with Crippen LogP contribution in [0.3, 0.4) is 0 Å². The van der Waals surface area contributed by atoms with Gasteiger partial charge in [0.1, 0.15) is 11.8 Å². The van der Waals surface area contributed by atoms with Gasteiger partial charge in [-0.05, 0) is 37.6 Å². The van der Waals surface area contributed by atoms with E-state index in [1.165, 1.54) is 6.92 Å². The lowest BCUT2D eigenvalue weighted by Crippen LogP contribution is -2.07. The summed E-state index contributed by atoms with van der Waals surface area (Å²) in [4.78, 5) is 0. The van der Waals surface area contributed by atoms with Crippen molar-refractivity contribution < 1.29 is 17.4 Å². The monoisotopic (exact) mass is 310 g/mol. The molecule has 0 radical (unpaired) electrons. The summed E-state index contributed by atoms with van der Waals surface area (Å²) in [5.41, 5.74) is 0.360. The zero-order valence-corrected chi connectivity index (χ0v) is 12.9. The number of hydrogen-bond donors (Lipinski definition) is 0. The number of hydrogen-bond acceptors (Lipinski definition) is 6. The van der Waals surface area contributed by atoms with Crippen molar-refractivity contribution in [2.45, 2.75) is 26.7 Å². The molecule has 0 heterocycles. The van der Waals surface area contributed by atoms with Gasteiger partial charge in [0.05, 0.1) is 12.4 Å². The minimum absolute atomic E-state index is 0.105. The van der Waals surface area contributed by atoms with Gasteiger partial charge in [-0.3, -0.25) is 4.28 Å². The number of nitrogens with zero attached hydrogens (tertiary/aromatic N) is 2. The Labute approximate surface area is 125 Å². The maximum Gasteiger partial charge on any atom is 0.328 e. The summed E-state index contributed by atoms with van der Waals surface area (Å²) in [7, 11) is -3.72. The quantitative estimate of drug-likeness (QED) is 0.418. The van der Waals surface area contributed by atoms with Gasteiger partial charge in [-0.1, -0.05) is 18.5 Å². The molecule has 1 aromatic rings. The Kier molecular flexibility index (Phi) is 6.69. The lowest BCUT2D eigenvalue weighted by Gasteiger charge is -2.05. The Bertz CT molecular complexity index is 615. The lowest BCUT2D eigenvalue weighted by molar-refractivity contribution is 0.309. The molecule has 0 fully saturated rings. The largest absolute Gasteiger partial charge is 0.494 e. The molecule has 0 unspecified atom stereocenters. The molecule has 0 amide bonds. The van der Waals surface area contributed by atoms with Crippen molar-refractivity contribution >= 4 is 15.8 Å². The van der Waals surface area contributed by atoms with Gasteiger partial charge in [0, 0.05) is 5.56 Å². The van der Waals surface area contributed by atoms with E-state index in [1.54, 1.807) is 30.3 Å². The Morgan fingerprint density at radius 1 is 1.29 bits per heavy atom. The average Bonchev–Trinajstić information content (AvgIpc) is 2.49. The van der Waals surface area contributed by atoms with Gasteiger partial charge in [0.25, 0.3) is 0 Å². The highest BCUT2D eigenvalue weighted by molar-refractivity contribution is 7.86. The van der Waals surface area contributed by atoms with Gasteiger partial charge in [-0.25, -0.2) is 0 Å². The highest BCUT2D eigenvalue weighted by atomic mass is 32.2. The third kappa shape index (κ3) is 5.83. The van der Waals surface area contributed by atoms with Crippen LogP contribution in [0.1, 0.15) is 32.3 Å². The summed E-state index contributed by atoms with van der Waals surface area (Å²) < 4.78 is 32.3. The molecule has 0 bridgehead atoms. The van der Waals surface area contributed by atoms with Crippen LogP contribution in [0, 0.1) is 11.3 Å². The standard InChI is InChI=1S/C14H18N2O4S/c1-3-5-10-19-13-8-6-12(7-9-13)14(11-15)16-20-21(17,18)4-2/h6-9H,3-5,10H2,1-2H3. The summed E-state index contributed by atoms with van der Waals surface area (Å²) in [6.45, 7) is 4.14. The van der Waals surface area contributed by atoms with Crippen molar-refractivity contribution in [1.82, 2.24) is 0 Å². The van der Waals surface area contributed by atoms with Crippen LogP contribution < -0.4 is 4.74 Å². The lowest BCUT2D eigenvalue weighted by atomic mass is 10.1. The van der Waals surface area contributed by atoms with Crippen LogP contribution in [0.2, 0.25) is 0 Å². The number of rotatable bonds is 8. The molecule has 0 saturated carbocycles. The number of ether oxygens (including phenoxy) is 1. The normalized spacial score (nSPS) is 11.8. The maximum absolute atomic E-state index is 11.2. The zero-order valence-electron chi connectivity index (χ0n) is 12.1. The van der Waals surface area contributed by atoms with E-state index in [2.05, 4.69) is 16.4 Å². The predicted molar refractivity (Wildman–Crippen MR) is 79.5 cm³/mol. The Morgan fingerprint density at radius 2 is 1.95 bits per heavy atom. The van der Waals surface area contributed by atoms with Crippen LogP contribution in [0.4, 0.5) is 0 Å². The van der Waals surface area contributed by atoms with Crippen LogP contribution in [-0.2, 0) is 14.4 Å². The number of oxime groups is 1. The minimum Gasteiger partial charge on any atom is -0.494 e. The van der Waals surface area contributed by atoms with Gasteiger partial charge < -0.3 is 4.74 Å². The SMILES string of the molecule is CCCCOc1ccc(C(C#N)=NOS(=O)(=O)CC)cc1. The van der Waals surface area contributed by atoms with Crippen molar-refractivity contribution in [3.05, 3.63) is 29.8 Å². The molecular weight excluding hydrogens is 292 g/mol. The van der Waals surface area contributed by atoms with Crippen LogP contribution in [0.15, 0.2) is 29.4 Å². The second kappa shape index (κ2) is 8.27. The van der Waals surface area contributed by atoms with Crippen molar-refractivity contribution in [3.63, 3.8) is 0 Å². The molecular formula is C14H18N2O4S. The average molecular weight is 310 g/mol. The van der Waals surface area contributed by atoms with E-state index in [-0.39, 0.29) is 11.5 Å². The van der Waals surface area contributed by atoms with E-state index < -0.39 is 10.1 Å². The molecule has 0 atom stereocenters. The van der Waals surface area contributed by atoms with E-state index in [4.69, 9.17) is 10.00 Å². The summed E-state index contributed by atoms with van der Waals surface area (Å²) in [5, 5.41) is 12.4. The molecule has 7 heteroatoms. The first kappa shape index (κ1) is 17.0. The number of benzene rings is 1. The van der Waals surface area contributed by atoms with Gasteiger partial charge in [-0.15, -0.1) is 0 Å². The topological polar surface area (TPSA) is 88.8 Å². The fraction of sp³-hybridized carbons (Fsp3) is 0.429. The van der Waals surface area contributed by atoms with Crippen molar-refractivity contribution in [2.75, 3.05) is 12.4 Å². The maximum atomic E-state index is 11.2. The van der Waals surface area contributed by atoms with E-state index in [0.717, 1.165) is 12.8 Å². The van der Waals surface area contributed by atoms with E-state index >= 15 is 0 Å². The highest BCUT2D eigenvalue weighted by Gasteiger charge is 2.10. The van der Waals surface area contributed by atoms with Gasteiger partial charge in [0.15, 0.2) is 5.71 Å². The first-order valence-corrected chi connectivity index (χ1v) is 8.22. The zero-order chi connectivity index (χ0) is 15.7. The Morgan fingerprint density at radius 3 is 2.48 bits per heavy atom. The van der Waals surface area contributed by atoms with Crippen LogP contribution >= 0.6 is 0 Å². The highest BCUT2D eigenvalue weighted by Crippen LogP contribution is 2.13. The minimum atomic E-state index is -3.72. The fourth-order valence-electron chi connectivity index (χ4n) is 1.33. The van der Waals surface area contributed by atoms with Crippen molar-refractivity contribution in [2.24, 2.45) is 5.16 Å². The van der Waals surface area contributed by atoms with Crippen molar-refractivity contribution in [1.29, 1.82) is 5.26 Å². The van der Waals surface area contributed by atoms with Crippen LogP contribution in [0.25, 0.3) is 0 Å². The number of unbranched alkanes of at least 4 members (excludes halogenated alkanes) is 1. The summed E-state index contributed by atoms with van der Waals surface area (Å²) >= 11 is 0. The second-order valence-corrected chi connectivity index (χ2v) is 6.04. The first-order chi connectivity index (χ1) is 10.0. The summed E-state index contributed by atoms with van der Waals surface area (Å²) in [5.74, 6) is 0.478. The predicted octanol–water partition coefficient (Wildman–Crippen LogP) is 2.46. The van der Waals surface area contributed by atoms with E-state index in [0.29, 0.717) is 17.9 Å². The second-order valence-electron chi connectivity index (χ2n) is 4.20. The van der Waals surface area contributed by atoms with Crippen molar-refractivity contribution in [3.8, 4) is 11.8 Å².